The molecule has 0 fully saturated rings. The molecule has 1 unspecified atom stereocenters. The minimum absolute atomic E-state index is 0.146. The molecule has 0 spiro atoms. The molecule has 186 valence electrons. The largest absolute Gasteiger partial charge is 0.484 e. The van der Waals surface area contributed by atoms with Gasteiger partial charge in [-0.25, -0.2) is 9.78 Å². The van der Waals surface area contributed by atoms with Crippen LogP contribution in [0, 0.1) is 0 Å². The van der Waals surface area contributed by atoms with Gasteiger partial charge in [0.1, 0.15) is 17.0 Å². The van der Waals surface area contributed by atoms with Crippen molar-refractivity contribution < 1.29 is 24.1 Å². The minimum atomic E-state index is -1.47. The predicted octanol–water partition coefficient (Wildman–Crippen LogP) is 1.81. The molecule has 1 aliphatic rings. The monoisotopic (exact) mass is 484 g/mol. The van der Waals surface area contributed by atoms with Gasteiger partial charge in [0.2, 0.25) is 5.88 Å². The van der Waals surface area contributed by atoms with E-state index in [1.807, 2.05) is 6.07 Å². The van der Waals surface area contributed by atoms with Gasteiger partial charge in [-0.2, -0.15) is 0 Å². The standard InChI is InChI=1S/C23H28N6O6/c1-5-33-19(31)7-6-12-29-21(26-27-28-29)14-8-9-16-15(13-14)20(23(4,32)22(2,3)35-16)34-18-11-10-17(30)24-25-18/h8-11,13,20,32H,5-7,12H2,1-4H3,(H,24,30)/t20?,23-/m0/s1. The highest BCUT2D eigenvalue weighted by molar-refractivity contribution is 5.69. The van der Waals surface area contributed by atoms with Gasteiger partial charge < -0.3 is 19.3 Å². The number of ether oxygens (including phenoxy) is 3. The summed E-state index contributed by atoms with van der Waals surface area (Å²) in [7, 11) is 0. The van der Waals surface area contributed by atoms with Gasteiger partial charge >= 0.3 is 5.97 Å². The molecule has 1 aromatic carbocycles. The predicted molar refractivity (Wildman–Crippen MR) is 123 cm³/mol. The average molecular weight is 485 g/mol. The molecule has 0 amide bonds. The van der Waals surface area contributed by atoms with Crippen molar-refractivity contribution >= 4 is 5.97 Å². The number of rotatable bonds is 8. The lowest BCUT2D eigenvalue weighted by Gasteiger charge is -2.48. The molecule has 2 N–H and O–H groups in total. The normalized spacial score (nSPS) is 20.5. The van der Waals surface area contributed by atoms with E-state index in [-0.39, 0.29) is 23.8 Å². The maximum Gasteiger partial charge on any atom is 0.305 e. The molecule has 0 saturated carbocycles. The Labute approximate surface area is 201 Å². The number of nitrogens with one attached hydrogen (secondary N) is 1. The third-order valence-corrected chi connectivity index (χ3v) is 6.13. The molecule has 35 heavy (non-hydrogen) atoms. The average Bonchev–Trinajstić information content (AvgIpc) is 3.27. The number of carbonyl (C=O) groups is 1. The maximum atomic E-state index is 11.6. The maximum absolute atomic E-state index is 11.6. The molecule has 2 atom stereocenters. The summed E-state index contributed by atoms with van der Waals surface area (Å²) in [5.41, 5.74) is -1.59. The third kappa shape index (κ3) is 4.87. The Morgan fingerprint density at radius 1 is 1.26 bits per heavy atom. The van der Waals surface area contributed by atoms with E-state index in [0.29, 0.717) is 42.3 Å². The van der Waals surface area contributed by atoms with Crippen LogP contribution in [0.2, 0.25) is 0 Å². The summed E-state index contributed by atoms with van der Waals surface area (Å²) in [6.07, 6.45) is -0.115. The summed E-state index contributed by atoms with van der Waals surface area (Å²) in [6.45, 7) is 7.68. The van der Waals surface area contributed by atoms with Crippen molar-refractivity contribution in [1.29, 1.82) is 0 Å². The van der Waals surface area contributed by atoms with Crippen LogP contribution < -0.4 is 15.0 Å². The van der Waals surface area contributed by atoms with Crippen molar-refractivity contribution in [2.75, 3.05) is 6.61 Å². The molecule has 1 aliphatic heterocycles. The van der Waals surface area contributed by atoms with E-state index < -0.39 is 17.3 Å². The van der Waals surface area contributed by atoms with Crippen molar-refractivity contribution in [2.24, 2.45) is 0 Å². The number of aliphatic hydroxyl groups is 1. The molecule has 2 aromatic heterocycles. The first-order valence-electron chi connectivity index (χ1n) is 11.3. The number of tetrazole rings is 1. The molecule has 3 aromatic rings. The Balaban J connectivity index is 1.66. The number of aromatic amines is 1. The number of nitrogens with zero attached hydrogens (tertiary/aromatic N) is 5. The Morgan fingerprint density at radius 3 is 2.77 bits per heavy atom. The summed E-state index contributed by atoms with van der Waals surface area (Å²) >= 11 is 0. The van der Waals surface area contributed by atoms with Crippen LogP contribution in [0.3, 0.4) is 0 Å². The summed E-state index contributed by atoms with van der Waals surface area (Å²) in [6, 6.07) is 8.12. The molecule has 0 radical (unpaired) electrons. The van der Waals surface area contributed by atoms with Crippen LogP contribution in [-0.4, -0.2) is 59.3 Å². The van der Waals surface area contributed by atoms with Crippen LogP contribution in [0.4, 0.5) is 0 Å². The number of benzene rings is 1. The highest BCUT2D eigenvalue weighted by Crippen LogP contribution is 2.48. The zero-order valence-electron chi connectivity index (χ0n) is 20.0. The SMILES string of the molecule is CCOC(=O)CCCn1nnnc1-c1ccc2c(c1)C(Oc1ccc(=O)[nH]n1)[C@](C)(O)C(C)(C)O2. The van der Waals surface area contributed by atoms with Crippen molar-refractivity contribution in [3.05, 3.63) is 46.2 Å². The number of hydrogen-bond donors (Lipinski definition) is 2. The fourth-order valence-electron chi connectivity index (χ4n) is 3.85. The van der Waals surface area contributed by atoms with Gasteiger partial charge in [-0.1, -0.05) is 0 Å². The van der Waals surface area contributed by atoms with Gasteiger partial charge in [0, 0.05) is 36.2 Å². The Hall–Kier alpha value is -3.80. The van der Waals surface area contributed by atoms with E-state index in [9.17, 15) is 14.7 Å². The van der Waals surface area contributed by atoms with E-state index in [0.717, 1.165) is 0 Å². The minimum Gasteiger partial charge on any atom is -0.484 e. The molecule has 12 heteroatoms. The van der Waals surface area contributed by atoms with Crippen molar-refractivity contribution in [2.45, 2.75) is 64.4 Å². The second kappa shape index (κ2) is 9.45. The molecule has 0 aliphatic carbocycles. The van der Waals surface area contributed by atoms with Gasteiger partial charge in [-0.15, -0.1) is 10.2 Å². The number of hydrogen-bond acceptors (Lipinski definition) is 10. The van der Waals surface area contributed by atoms with E-state index in [1.165, 1.54) is 12.1 Å². The second-order valence-corrected chi connectivity index (χ2v) is 8.90. The number of aryl methyl sites for hydroxylation is 1. The van der Waals surface area contributed by atoms with E-state index in [4.69, 9.17) is 14.2 Å². The third-order valence-electron chi connectivity index (χ3n) is 6.13. The Kier molecular flexibility index (Phi) is 6.57. The number of esters is 1. The summed E-state index contributed by atoms with van der Waals surface area (Å²) in [5.74, 6) is 0.893. The van der Waals surface area contributed by atoms with Crippen molar-refractivity contribution in [1.82, 2.24) is 30.4 Å². The molecule has 3 heterocycles. The first kappa shape index (κ1) is 24.3. The van der Waals surface area contributed by atoms with Crippen LogP contribution >= 0.6 is 0 Å². The number of H-pyrrole nitrogens is 1. The van der Waals surface area contributed by atoms with Gasteiger partial charge in [0.05, 0.1) is 6.61 Å². The molecule has 4 rings (SSSR count). The first-order chi connectivity index (χ1) is 16.6. The quantitative estimate of drug-likeness (QED) is 0.452. The number of aromatic nitrogens is 6. The molecule has 0 saturated heterocycles. The second-order valence-electron chi connectivity index (χ2n) is 8.90. The van der Waals surface area contributed by atoms with Crippen LogP contribution in [0.15, 0.2) is 35.1 Å². The summed E-state index contributed by atoms with van der Waals surface area (Å²) in [5, 5.41) is 29.7. The van der Waals surface area contributed by atoms with Crippen LogP contribution in [0.1, 0.15) is 52.2 Å². The lowest BCUT2D eigenvalue weighted by Crippen LogP contribution is -2.59. The van der Waals surface area contributed by atoms with E-state index in [1.54, 1.807) is 44.5 Å². The topological polar surface area (TPSA) is 154 Å². The smallest absolute Gasteiger partial charge is 0.305 e. The highest BCUT2D eigenvalue weighted by Gasteiger charge is 2.54. The fourth-order valence-corrected chi connectivity index (χ4v) is 3.85. The Bertz CT molecular complexity index is 1250. The van der Waals surface area contributed by atoms with Crippen LogP contribution in [-0.2, 0) is 16.1 Å². The first-order valence-corrected chi connectivity index (χ1v) is 11.3. The lowest BCUT2D eigenvalue weighted by molar-refractivity contribution is -0.175. The fraction of sp³-hybridized carbons (Fsp3) is 0.478. The lowest BCUT2D eigenvalue weighted by atomic mass is 9.76. The number of fused-ring (bicyclic) bond motifs is 1. The van der Waals surface area contributed by atoms with Crippen molar-refractivity contribution in [3.8, 4) is 23.0 Å². The highest BCUT2D eigenvalue weighted by atomic mass is 16.6. The molecule has 12 nitrogen and oxygen atoms in total. The zero-order chi connectivity index (χ0) is 25.2. The summed E-state index contributed by atoms with van der Waals surface area (Å²) in [4.78, 5) is 23.1. The van der Waals surface area contributed by atoms with Crippen LogP contribution in [0.25, 0.3) is 11.4 Å². The summed E-state index contributed by atoms with van der Waals surface area (Å²) < 4.78 is 18.8. The van der Waals surface area contributed by atoms with E-state index in [2.05, 4.69) is 25.7 Å². The number of carbonyl (C=O) groups excluding carboxylic acids is 1. The zero-order valence-corrected chi connectivity index (χ0v) is 20.0. The van der Waals surface area contributed by atoms with Gasteiger partial charge in [0.25, 0.3) is 5.56 Å². The van der Waals surface area contributed by atoms with Gasteiger partial charge in [-0.3, -0.25) is 9.59 Å². The Morgan fingerprint density at radius 2 is 2.06 bits per heavy atom. The van der Waals surface area contributed by atoms with E-state index >= 15 is 0 Å². The molecular weight excluding hydrogens is 456 g/mol. The van der Waals surface area contributed by atoms with Gasteiger partial charge in [0.15, 0.2) is 11.9 Å². The molecule has 0 bridgehead atoms. The van der Waals surface area contributed by atoms with Crippen LogP contribution in [0.5, 0.6) is 11.6 Å². The van der Waals surface area contributed by atoms with Gasteiger partial charge in [-0.05, 0) is 62.7 Å². The van der Waals surface area contributed by atoms with Crippen molar-refractivity contribution in [3.63, 3.8) is 0 Å². The molecular formula is C23H28N6O6.